The van der Waals surface area contributed by atoms with E-state index in [0.29, 0.717) is 23.5 Å². The highest BCUT2D eigenvalue weighted by Crippen LogP contribution is 2.55. The van der Waals surface area contributed by atoms with E-state index in [1.807, 2.05) is 50.2 Å². The summed E-state index contributed by atoms with van der Waals surface area (Å²) in [5.41, 5.74) is 7.76. The average molecular weight is 500 g/mol. The van der Waals surface area contributed by atoms with Gasteiger partial charge >= 0.3 is 5.97 Å². The molecule has 1 atom stereocenters. The summed E-state index contributed by atoms with van der Waals surface area (Å²) in [4.78, 5) is 43.9. The number of ether oxygens (including phenoxy) is 2. The summed E-state index contributed by atoms with van der Waals surface area (Å²) in [7, 11) is 0. The van der Waals surface area contributed by atoms with Crippen molar-refractivity contribution >= 4 is 17.6 Å². The van der Waals surface area contributed by atoms with Crippen molar-refractivity contribution in [3.05, 3.63) is 104 Å². The zero-order chi connectivity index (χ0) is 26.5. The number of para-hydroxylation sites is 1. The third-order valence-electron chi connectivity index (χ3n) is 7.24. The van der Waals surface area contributed by atoms with E-state index in [9.17, 15) is 14.4 Å². The Hall–Kier alpha value is -4.33. The van der Waals surface area contributed by atoms with Crippen molar-refractivity contribution in [2.75, 3.05) is 11.5 Å². The molecule has 2 N–H and O–H groups in total. The van der Waals surface area contributed by atoms with Gasteiger partial charge in [0.2, 0.25) is 11.8 Å². The van der Waals surface area contributed by atoms with E-state index in [2.05, 4.69) is 0 Å². The first-order valence-corrected chi connectivity index (χ1v) is 12.3. The van der Waals surface area contributed by atoms with Crippen LogP contribution in [0, 0.1) is 13.8 Å². The number of nitrogens with two attached hydrogens (primary N) is 1. The molecular formula is C29H29N3O5. The molecule has 8 nitrogen and oxygen atoms in total. The predicted octanol–water partition coefficient (Wildman–Crippen LogP) is 3.44. The number of hydrogen-bond acceptors (Lipinski definition) is 6. The minimum absolute atomic E-state index is 0.0639. The fraction of sp³-hybridized carbons (Fsp3) is 0.276. The standard InChI is InChI=1S/C29H29N3O5/c1-5-31-18(4)15-22-23(26(31)33)29(24(25(30)37-22)27(34)36-6-2)20-13-9-10-14-21(20)32(28(29)35)16-19-12-8-7-11-17(19)3/h7-15H,5-6,16,30H2,1-4H3. The number of fused-ring (bicyclic) bond motifs is 4. The number of nitrogens with zero attached hydrogens (tertiary/aromatic N) is 2. The van der Waals surface area contributed by atoms with Crippen LogP contribution in [0.1, 0.15) is 41.8 Å². The number of aromatic nitrogens is 1. The molecule has 3 aromatic rings. The minimum atomic E-state index is -1.81. The number of carbonyl (C=O) groups is 2. The number of hydrogen-bond donors (Lipinski definition) is 1. The molecule has 37 heavy (non-hydrogen) atoms. The van der Waals surface area contributed by atoms with Gasteiger partial charge in [-0.05, 0) is 44.9 Å². The Morgan fingerprint density at radius 3 is 2.46 bits per heavy atom. The van der Waals surface area contributed by atoms with Gasteiger partial charge in [0.15, 0.2) is 0 Å². The van der Waals surface area contributed by atoms with Gasteiger partial charge in [0.25, 0.3) is 5.56 Å². The molecule has 2 aliphatic rings. The average Bonchev–Trinajstić information content (AvgIpc) is 3.09. The summed E-state index contributed by atoms with van der Waals surface area (Å²) in [5.74, 6) is -1.33. The summed E-state index contributed by atoms with van der Waals surface area (Å²) in [6.45, 7) is 7.98. The maximum atomic E-state index is 14.7. The van der Waals surface area contributed by atoms with Gasteiger partial charge in [-0.25, -0.2) is 4.79 Å². The molecule has 0 saturated carbocycles. The smallest absolute Gasteiger partial charge is 0.341 e. The second-order valence-electron chi connectivity index (χ2n) is 9.22. The second-order valence-corrected chi connectivity index (χ2v) is 9.22. The van der Waals surface area contributed by atoms with Crippen LogP contribution in [0.5, 0.6) is 5.75 Å². The number of esters is 1. The number of carbonyl (C=O) groups excluding carboxylic acids is 2. The summed E-state index contributed by atoms with van der Waals surface area (Å²) < 4.78 is 12.8. The molecule has 0 bridgehead atoms. The van der Waals surface area contributed by atoms with Gasteiger partial charge in [-0.2, -0.15) is 0 Å². The monoisotopic (exact) mass is 499 g/mol. The van der Waals surface area contributed by atoms with E-state index < -0.39 is 22.9 Å². The van der Waals surface area contributed by atoms with Crippen molar-refractivity contribution in [3.8, 4) is 5.75 Å². The molecule has 0 aliphatic carbocycles. The van der Waals surface area contributed by atoms with Crippen LogP contribution in [0.25, 0.3) is 0 Å². The van der Waals surface area contributed by atoms with Crippen molar-refractivity contribution in [1.82, 2.24) is 4.57 Å². The lowest BCUT2D eigenvalue weighted by atomic mass is 9.68. The Morgan fingerprint density at radius 2 is 1.76 bits per heavy atom. The van der Waals surface area contributed by atoms with Crippen molar-refractivity contribution in [3.63, 3.8) is 0 Å². The molecule has 0 radical (unpaired) electrons. The number of anilines is 1. The van der Waals surface area contributed by atoms with E-state index >= 15 is 0 Å². The normalized spacial score (nSPS) is 18.1. The van der Waals surface area contributed by atoms with Gasteiger partial charge in [0.1, 0.15) is 16.7 Å². The maximum Gasteiger partial charge on any atom is 0.341 e. The molecule has 3 heterocycles. The Kier molecular flexibility index (Phi) is 5.90. The topological polar surface area (TPSA) is 104 Å². The Balaban J connectivity index is 1.87. The van der Waals surface area contributed by atoms with E-state index in [4.69, 9.17) is 15.2 Å². The van der Waals surface area contributed by atoms with Gasteiger partial charge in [-0.3, -0.25) is 9.59 Å². The zero-order valence-electron chi connectivity index (χ0n) is 21.3. The number of pyridine rings is 1. The van der Waals surface area contributed by atoms with Crippen molar-refractivity contribution < 1.29 is 19.1 Å². The Labute approximate surface area is 214 Å². The van der Waals surface area contributed by atoms with Crippen molar-refractivity contribution in [1.29, 1.82) is 0 Å². The van der Waals surface area contributed by atoms with Crippen molar-refractivity contribution in [2.24, 2.45) is 5.73 Å². The van der Waals surface area contributed by atoms with Crippen LogP contribution in [0.4, 0.5) is 5.69 Å². The second kappa shape index (κ2) is 8.96. The molecule has 1 unspecified atom stereocenters. The highest BCUT2D eigenvalue weighted by molar-refractivity contribution is 6.18. The lowest BCUT2D eigenvalue weighted by molar-refractivity contribution is -0.141. The molecule has 2 aliphatic heterocycles. The van der Waals surface area contributed by atoms with E-state index in [0.717, 1.165) is 11.1 Å². The first-order chi connectivity index (χ1) is 17.8. The summed E-state index contributed by atoms with van der Waals surface area (Å²) >= 11 is 0. The van der Waals surface area contributed by atoms with Crippen LogP contribution in [-0.4, -0.2) is 23.1 Å². The van der Waals surface area contributed by atoms with Crippen LogP contribution in [-0.2, 0) is 32.8 Å². The van der Waals surface area contributed by atoms with Gasteiger partial charge in [0.05, 0.1) is 18.7 Å². The van der Waals surface area contributed by atoms with E-state index in [-0.39, 0.29) is 35.9 Å². The predicted molar refractivity (Wildman–Crippen MR) is 139 cm³/mol. The lowest BCUT2D eigenvalue weighted by Gasteiger charge is -2.36. The van der Waals surface area contributed by atoms with Crippen LogP contribution in [0.2, 0.25) is 0 Å². The van der Waals surface area contributed by atoms with E-state index in [1.165, 1.54) is 0 Å². The number of aryl methyl sites for hydroxylation is 2. The zero-order valence-corrected chi connectivity index (χ0v) is 21.3. The Bertz CT molecular complexity index is 1540. The highest BCUT2D eigenvalue weighted by atomic mass is 16.5. The van der Waals surface area contributed by atoms with Gasteiger partial charge in [-0.1, -0.05) is 42.5 Å². The SMILES string of the molecule is CCOC(=O)C1=C(N)Oc2cc(C)n(CC)c(=O)c2C12C(=O)N(Cc1ccccc1C)c1ccccc12. The van der Waals surface area contributed by atoms with Crippen LogP contribution in [0.3, 0.4) is 0 Å². The summed E-state index contributed by atoms with van der Waals surface area (Å²) in [5, 5.41) is 0. The third kappa shape index (κ3) is 3.39. The molecule has 0 saturated heterocycles. The molecular weight excluding hydrogens is 470 g/mol. The maximum absolute atomic E-state index is 14.7. The molecule has 1 spiro atoms. The largest absolute Gasteiger partial charge is 0.462 e. The van der Waals surface area contributed by atoms with Gasteiger partial charge < -0.3 is 24.7 Å². The lowest BCUT2D eigenvalue weighted by Crippen LogP contribution is -2.52. The van der Waals surface area contributed by atoms with Gasteiger partial charge in [0, 0.05) is 29.6 Å². The molecule has 190 valence electrons. The molecule has 8 heteroatoms. The summed E-state index contributed by atoms with van der Waals surface area (Å²) in [6, 6.07) is 16.7. The molecule has 2 aromatic carbocycles. The number of amides is 1. The first-order valence-electron chi connectivity index (χ1n) is 12.3. The molecule has 5 rings (SSSR count). The van der Waals surface area contributed by atoms with Gasteiger partial charge in [-0.15, -0.1) is 0 Å². The molecule has 0 fully saturated rings. The van der Waals surface area contributed by atoms with Crippen LogP contribution < -0.4 is 20.9 Å². The quantitative estimate of drug-likeness (QED) is 0.540. The molecule has 1 amide bonds. The fourth-order valence-corrected chi connectivity index (χ4v) is 5.55. The molecule has 1 aromatic heterocycles. The fourth-order valence-electron chi connectivity index (χ4n) is 5.55. The van der Waals surface area contributed by atoms with Crippen LogP contribution >= 0.6 is 0 Å². The summed E-state index contributed by atoms with van der Waals surface area (Å²) in [6.07, 6.45) is 0. The highest BCUT2D eigenvalue weighted by Gasteiger charge is 2.62. The number of benzene rings is 2. The minimum Gasteiger partial charge on any atom is -0.462 e. The van der Waals surface area contributed by atoms with Crippen molar-refractivity contribution in [2.45, 2.75) is 46.2 Å². The number of rotatable bonds is 5. The van der Waals surface area contributed by atoms with E-state index in [1.54, 1.807) is 41.5 Å². The third-order valence-corrected chi connectivity index (χ3v) is 7.24. The first kappa shape index (κ1) is 24.4. The van der Waals surface area contributed by atoms with Crippen LogP contribution in [0.15, 0.2) is 70.8 Å². The Morgan fingerprint density at radius 1 is 1.05 bits per heavy atom.